The Hall–Kier alpha value is -2.08. The number of nitrogens with zero attached hydrogens (tertiary/aromatic N) is 1. The molecule has 0 aliphatic carbocycles. The van der Waals surface area contributed by atoms with Gasteiger partial charge in [-0.1, -0.05) is 12.1 Å². The molecule has 1 fully saturated rings. The van der Waals surface area contributed by atoms with Gasteiger partial charge in [-0.25, -0.2) is 4.79 Å². The lowest BCUT2D eigenvalue weighted by atomic mass is 10.1. The lowest BCUT2D eigenvalue weighted by molar-refractivity contribution is -0.154. The molecule has 0 unspecified atom stereocenters. The number of carbonyl (C=O) groups is 2. The highest BCUT2D eigenvalue weighted by atomic mass is 16.5. The maximum absolute atomic E-state index is 12.3. The van der Waals surface area contributed by atoms with Crippen molar-refractivity contribution in [1.29, 1.82) is 0 Å². The Kier molecular flexibility index (Phi) is 5.38. The molecule has 6 heteroatoms. The van der Waals surface area contributed by atoms with Crippen molar-refractivity contribution < 1.29 is 24.2 Å². The number of likely N-dealkylation sites (N-methyl/N-ethyl adjacent to an activating group) is 1. The number of aliphatic carboxylic acids is 1. The molecule has 120 valence electrons. The SMILES string of the molecule is CCOc1ccc(CN(C)C(=O)[C@@H]2CC[C@H](C(=O)O)O2)cc1. The summed E-state index contributed by atoms with van der Waals surface area (Å²) in [6.07, 6.45) is -0.701. The Labute approximate surface area is 129 Å². The van der Waals surface area contributed by atoms with E-state index in [0.29, 0.717) is 26.0 Å². The van der Waals surface area contributed by atoms with Crippen molar-refractivity contribution in [2.75, 3.05) is 13.7 Å². The van der Waals surface area contributed by atoms with Crippen molar-refractivity contribution >= 4 is 11.9 Å². The molecule has 1 aromatic carbocycles. The number of hydrogen-bond acceptors (Lipinski definition) is 4. The smallest absolute Gasteiger partial charge is 0.332 e. The molecular formula is C16H21NO5. The first-order valence-corrected chi connectivity index (χ1v) is 7.36. The van der Waals surface area contributed by atoms with E-state index in [2.05, 4.69) is 0 Å². The summed E-state index contributed by atoms with van der Waals surface area (Å²) in [6.45, 7) is 2.98. The van der Waals surface area contributed by atoms with Crippen LogP contribution in [0.4, 0.5) is 0 Å². The van der Waals surface area contributed by atoms with Gasteiger partial charge in [0.05, 0.1) is 6.61 Å². The number of carbonyl (C=O) groups excluding carboxylic acids is 1. The number of amides is 1. The Morgan fingerprint density at radius 3 is 2.45 bits per heavy atom. The van der Waals surface area contributed by atoms with Crippen LogP contribution < -0.4 is 4.74 Å². The highest BCUT2D eigenvalue weighted by Crippen LogP contribution is 2.22. The van der Waals surface area contributed by atoms with Crippen molar-refractivity contribution in [2.45, 2.75) is 38.5 Å². The third-order valence-corrected chi connectivity index (χ3v) is 3.60. The molecule has 6 nitrogen and oxygen atoms in total. The highest BCUT2D eigenvalue weighted by Gasteiger charge is 2.35. The van der Waals surface area contributed by atoms with Crippen LogP contribution in [0.15, 0.2) is 24.3 Å². The highest BCUT2D eigenvalue weighted by molar-refractivity contribution is 5.82. The molecule has 2 rings (SSSR count). The Balaban J connectivity index is 1.90. The van der Waals surface area contributed by atoms with Gasteiger partial charge in [-0.2, -0.15) is 0 Å². The topological polar surface area (TPSA) is 76.1 Å². The van der Waals surface area contributed by atoms with Crippen molar-refractivity contribution in [3.63, 3.8) is 0 Å². The van der Waals surface area contributed by atoms with Crippen molar-refractivity contribution in [3.8, 4) is 5.75 Å². The minimum Gasteiger partial charge on any atom is -0.494 e. The molecule has 1 N–H and O–H groups in total. The summed E-state index contributed by atoms with van der Waals surface area (Å²) < 4.78 is 10.7. The second-order valence-electron chi connectivity index (χ2n) is 5.30. The van der Waals surface area contributed by atoms with Crippen LogP contribution in [0, 0.1) is 0 Å². The van der Waals surface area contributed by atoms with Crippen LogP contribution >= 0.6 is 0 Å². The first-order valence-electron chi connectivity index (χ1n) is 7.36. The van der Waals surface area contributed by atoms with E-state index in [-0.39, 0.29) is 5.91 Å². The predicted octanol–water partition coefficient (Wildman–Crippen LogP) is 1.68. The zero-order valence-electron chi connectivity index (χ0n) is 12.8. The van der Waals surface area contributed by atoms with Crippen LogP contribution in [-0.4, -0.2) is 47.7 Å². The first kappa shape index (κ1) is 16.3. The van der Waals surface area contributed by atoms with Crippen LogP contribution in [-0.2, 0) is 20.9 Å². The van der Waals surface area contributed by atoms with Gasteiger partial charge in [-0.15, -0.1) is 0 Å². The van der Waals surface area contributed by atoms with E-state index in [1.54, 1.807) is 11.9 Å². The molecule has 1 heterocycles. The summed E-state index contributed by atoms with van der Waals surface area (Å²) in [5.74, 6) is -0.397. The van der Waals surface area contributed by atoms with E-state index in [0.717, 1.165) is 11.3 Å². The lowest BCUT2D eigenvalue weighted by Gasteiger charge is -2.21. The van der Waals surface area contributed by atoms with Gasteiger partial charge in [0.25, 0.3) is 5.91 Å². The zero-order chi connectivity index (χ0) is 16.1. The standard InChI is InChI=1S/C16H21NO5/c1-3-21-12-6-4-11(5-7-12)10-17(2)15(18)13-8-9-14(22-13)16(19)20/h4-7,13-14H,3,8-10H2,1-2H3,(H,19,20)/t13-,14+/m0/s1. The number of benzene rings is 1. The van der Waals surface area contributed by atoms with Gasteiger partial charge in [-0.05, 0) is 37.5 Å². The van der Waals surface area contributed by atoms with E-state index in [9.17, 15) is 9.59 Å². The summed E-state index contributed by atoms with van der Waals surface area (Å²) >= 11 is 0. The van der Waals surface area contributed by atoms with Gasteiger partial charge in [0.2, 0.25) is 0 Å². The number of hydrogen-bond donors (Lipinski definition) is 1. The molecule has 1 amide bonds. The van der Waals surface area contributed by atoms with Gasteiger partial charge < -0.3 is 19.5 Å². The normalized spacial score (nSPS) is 20.6. The maximum atomic E-state index is 12.3. The third kappa shape index (κ3) is 3.98. The van der Waals surface area contributed by atoms with Gasteiger partial charge in [0, 0.05) is 13.6 Å². The monoisotopic (exact) mass is 307 g/mol. The average Bonchev–Trinajstić information content (AvgIpc) is 2.99. The summed E-state index contributed by atoms with van der Waals surface area (Å²) in [5, 5.41) is 8.89. The Bertz CT molecular complexity index is 528. The van der Waals surface area contributed by atoms with Crippen LogP contribution in [0.2, 0.25) is 0 Å². The van der Waals surface area contributed by atoms with Crippen LogP contribution in [0.3, 0.4) is 0 Å². The molecule has 1 aliphatic rings. The largest absolute Gasteiger partial charge is 0.494 e. The molecule has 0 bridgehead atoms. The van der Waals surface area contributed by atoms with E-state index < -0.39 is 18.2 Å². The molecule has 1 saturated heterocycles. The summed E-state index contributed by atoms with van der Waals surface area (Å²) in [5.41, 5.74) is 0.979. The quantitative estimate of drug-likeness (QED) is 0.865. The second kappa shape index (κ2) is 7.26. The van der Waals surface area contributed by atoms with E-state index in [4.69, 9.17) is 14.6 Å². The number of carboxylic acids is 1. The maximum Gasteiger partial charge on any atom is 0.332 e. The van der Waals surface area contributed by atoms with Crippen molar-refractivity contribution in [2.24, 2.45) is 0 Å². The minimum absolute atomic E-state index is 0.183. The average molecular weight is 307 g/mol. The number of rotatable bonds is 6. The molecule has 1 aromatic rings. The van der Waals surface area contributed by atoms with Crippen molar-refractivity contribution in [1.82, 2.24) is 4.90 Å². The molecule has 0 saturated carbocycles. The van der Waals surface area contributed by atoms with Gasteiger partial charge in [0.1, 0.15) is 11.9 Å². The number of carboxylic acid groups (broad SMARTS) is 1. The predicted molar refractivity (Wildman–Crippen MR) is 79.6 cm³/mol. The molecule has 1 aliphatic heterocycles. The molecule has 22 heavy (non-hydrogen) atoms. The van der Waals surface area contributed by atoms with Gasteiger partial charge >= 0.3 is 5.97 Å². The third-order valence-electron chi connectivity index (χ3n) is 3.60. The fraction of sp³-hybridized carbons (Fsp3) is 0.500. The van der Waals surface area contributed by atoms with Gasteiger partial charge in [0.15, 0.2) is 6.10 Å². The molecule has 0 spiro atoms. The van der Waals surface area contributed by atoms with Gasteiger partial charge in [-0.3, -0.25) is 4.79 Å². The molecule has 0 radical (unpaired) electrons. The second-order valence-corrected chi connectivity index (χ2v) is 5.30. The van der Waals surface area contributed by atoms with E-state index in [1.807, 2.05) is 31.2 Å². The van der Waals surface area contributed by atoms with E-state index in [1.165, 1.54) is 0 Å². The van der Waals surface area contributed by atoms with E-state index >= 15 is 0 Å². The van der Waals surface area contributed by atoms with Crippen molar-refractivity contribution in [3.05, 3.63) is 29.8 Å². The molecule has 2 atom stereocenters. The fourth-order valence-electron chi connectivity index (χ4n) is 2.46. The Morgan fingerprint density at radius 2 is 1.91 bits per heavy atom. The summed E-state index contributed by atoms with van der Waals surface area (Å²) in [7, 11) is 1.69. The zero-order valence-corrected chi connectivity index (χ0v) is 12.8. The summed E-state index contributed by atoms with van der Waals surface area (Å²) in [4.78, 5) is 24.7. The Morgan fingerprint density at radius 1 is 1.27 bits per heavy atom. The first-order chi connectivity index (χ1) is 10.5. The molecule has 0 aromatic heterocycles. The fourth-order valence-corrected chi connectivity index (χ4v) is 2.46. The van der Waals surface area contributed by atoms with Crippen LogP contribution in [0.25, 0.3) is 0 Å². The van der Waals surface area contributed by atoms with Crippen LogP contribution in [0.1, 0.15) is 25.3 Å². The molecular weight excluding hydrogens is 286 g/mol. The van der Waals surface area contributed by atoms with Crippen LogP contribution in [0.5, 0.6) is 5.75 Å². The summed E-state index contributed by atoms with van der Waals surface area (Å²) in [6, 6.07) is 7.54. The lowest BCUT2D eigenvalue weighted by Crippen LogP contribution is -2.36. The minimum atomic E-state index is -1.01. The number of ether oxygens (including phenoxy) is 2.